The quantitative estimate of drug-likeness (QED) is 0.257. The molecule has 0 spiro atoms. The Labute approximate surface area is 194 Å². The van der Waals surface area contributed by atoms with E-state index < -0.39 is 0 Å². The van der Waals surface area contributed by atoms with Crippen LogP contribution in [0.2, 0.25) is 5.28 Å². The maximum absolute atomic E-state index is 6.33. The standard InChI is InChI=1S/C28H18ClN3O/c29-28-30-26(25-20-11-5-7-13-24(20)33-27(25)31-28)17-14-15-23-21(16-17)19-10-4-6-12-22(19)32(23)18-8-2-1-3-9-18/h1-4,6-10,12-16H,5,11H2. The van der Waals surface area contributed by atoms with Crippen LogP contribution in [-0.2, 0) is 6.42 Å². The van der Waals surface area contributed by atoms with Gasteiger partial charge in [-0.05, 0) is 60.9 Å². The minimum Gasteiger partial charge on any atom is -0.438 e. The molecule has 33 heavy (non-hydrogen) atoms. The first-order valence-electron chi connectivity index (χ1n) is 11.0. The highest BCUT2D eigenvalue weighted by atomic mass is 35.5. The Kier molecular flexibility index (Phi) is 3.99. The van der Waals surface area contributed by atoms with Crippen LogP contribution in [-0.4, -0.2) is 14.5 Å². The smallest absolute Gasteiger partial charge is 0.231 e. The third-order valence-corrected chi connectivity index (χ3v) is 6.61. The Morgan fingerprint density at radius 1 is 0.848 bits per heavy atom. The molecule has 7 rings (SSSR count). The van der Waals surface area contributed by atoms with Crippen LogP contribution < -0.4 is 0 Å². The van der Waals surface area contributed by atoms with Crippen LogP contribution in [0.15, 0.2) is 83.3 Å². The maximum atomic E-state index is 6.33. The minimum absolute atomic E-state index is 0.194. The van der Waals surface area contributed by atoms with E-state index in [9.17, 15) is 0 Å². The molecule has 0 aliphatic heterocycles. The van der Waals surface area contributed by atoms with Crippen molar-refractivity contribution in [2.75, 3.05) is 0 Å². The molecule has 0 saturated carbocycles. The lowest BCUT2D eigenvalue weighted by molar-refractivity contribution is 0.583. The van der Waals surface area contributed by atoms with Crippen LogP contribution in [0.5, 0.6) is 0 Å². The van der Waals surface area contributed by atoms with Crippen molar-refractivity contribution >= 4 is 50.6 Å². The summed E-state index contributed by atoms with van der Waals surface area (Å²) in [5.41, 5.74) is 7.00. The minimum atomic E-state index is 0.194. The van der Waals surface area contributed by atoms with E-state index in [1.165, 1.54) is 16.3 Å². The van der Waals surface area contributed by atoms with Gasteiger partial charge in [-0.15, -0.1) is 0 Å². The van der Waals surface area contributed by atoms with Crippen molar-refractivity contribution in [3.8, 4) is 16.9 Å². The largest absolute Gasteiger partial charge is 0.438 e. The van der Waals surface area contributed by atoms with Crippen molar-refractivity contribution in [2.24, 2.45) is 0 Å². The summed E-state index contributed by atoms with van der Waals surface area (Å²) in [7, 11) is 0. The number of halogens is 1. The first kappa shape index (κ1) is 18.7. The van der Waals surface area contributed by atoms with Crippen LogP contribution in [0.3, 0.4) is 0 Å². The van der Waals surface area contributed by atoms with Crippen molar-refractivity contribution in [2.45, 2.75) is 12.8 Å². The Balaban J connectivity index is 1.54. The monoisotopic (exact) mass is 447 g/mol. The average molecular weight is 448 g/mol. The van der Waals surface area contributed by atoms with Crippen LogP contribution in [0, 0.1) is 0 Å². The summed E-state index contributed by atoms with van der Waals surface area (Å²) < 4.78 is 8.33. The zero-order chi connectivity index (χ0) is 21.9. The molecule has 0 unspecified atom stereocenters. The van der Waals surface area contributed by atoms with Gasteiger partial charge in [0.25, 0.3) is 0 Å². The molecule has 6 aromatic rings. The molecular formula is C28H18ClN3O. The second kappa shape index (κ2) is 7.06. The summed E-state index contributed by atoms with van der Waals surface area (Å²) in [6, 6.07) is 25.5. The van der Waals surface area contributed by atoms with Gasteiger partial charge in [-0.25, -0.2) is 4.98 Å². The summed E-state index contributed by atoms with van der Waals surface area (Å²) in [6.45, 7) is 0. The first-order chi connectivity index (χ1) is 16.3. The molecule has 0 amide bonds. The fraction of sp³-hybridized carbons (Fsp3) is 0.0714. The maximum Gasteiger partial charge on any atom is 0.231 e. The van der Waals surface area contributed by atoms with Crippen molar-refractivity contribution in [3.63, 3.8) is 0 Å². The molecule has 4 nitrogen and oxygen atoms in total. The van der Waals surface area contributed by atoms with Gasteiger partial charge in [0.2, 0.25) is 11.0 Å². The summed E-state index contributed by atoms with van der Waals surface area (Å²) >= 11 is 6.33. The van der Waals surface area contributed by atoms with E-state index in [1.54, 1.807) is 0 Å². The number of allylic oxidation sites excluding steroid dienone is 1. The molecule has 0 atom stereocenters. The Hall–Kier alpha value is -3.89. The number of benzene rings is 3. The lowest BCUT2D eigenvalue weighted by Gasteiger charge is -2.09. The number of fused-ring (bicyclic) bond motifs is 6. The van der Waals surface area contributed by atoms with E-state index >= 15 is 0 Å². The van der Waals surface area contributed by atoms with E-state index in [-0.39, 0.29) is 5.28 Å². The second-order valence-corrected chi connectivity index (χ2v) is 8.67. The number of hydrogen-bond acceptors (Lipinski definition) is 3. The van der Waals surface area contributed by atoms with Gasteiger partial charge in [0.1, 0.15) is 5.76 Å². The third kappa shape index (κ3) is 2.77. The molecule has 0 radical (unpaired) electrons. The van der Waals surface area contributed by atoms with E-state index in [2.05, 4.69) is 87.3 Å². The van der Waals surface area contributed by atoms with E-state index in [0.29, 0.717) is 5.71 Å². The zero-order valence-corrected chi connectivity index (χ0v) is 18.4. The van der Waals surface area contributed by atoms with Gasteiger partial charge in [-0.3, -0.25) is 0 Å². The molecule has 0 fully saturated rings. The molecule has 0 saturated heterocycles. The third-order valence-electron chi connectivity index (χ3n) is 6.45. The van der Waals surface area contributed by atoms with Gasteiger partial charge in [0, 0.05) is 27.6 Å². The van der Waals surface area contributed by atoms with E-state index in [1.807, 2.05) is 12.1 Å². The molecule has 0 bridgehead atoms. The number of furan rings is 1. The predicted octanol–water partition coefficient (Wildman–Crippen LogP) is 7.60. The number of rotatable bonds is 2. The number of para-hydroxylation sites is 2. The van der Waals surface area contributed by atoms with Crippen molar-refractivity contribution < 1.29 is 4.42 Å². The van der Waals surface area contributed by atoms with Crippen molar-refractivity contribution in [1.82, 2.24) is 14.5 Å². The van der Waals surface area contributed by atoms with Gasteiger partial charge in [-0.2, -0.15) is 4.98 Å². The summed E-state index contributed by atoms with van der Waals surface area (Å²) in [6.07, 6.45) is 6.04. The lowest BCUT2D eigenvalue weighted by Crippen LogP contribution is -1.95. The summed E-state index contributed by atoms with van der Waals surface area (Å²) in [5, 5.41) is 3.53. The van der Waals surface area contributed by atoms with Gasteiger partial charge < -0.3 is 8.98 Å². The Morgan fingerprint density at radius 2 is 1.67 bits per heavy atom. The van der Waals surface area contributed by atoms with Gasteiger partial charge in [0.15, 0.2) is 0 Å². The number of nitrogens with zero attached hydrogens (tertiary/aromatic N) is 3. The molecule has 3 heterocycles. The Bertz CT molecular complexity index is 1730. The zero-order valence-electron chi connectivity index (χ0n) is 17.6. The predicted molar refractivity (Wildman–Crippen MR) is 134 cm³/mol. The van der Waals surface area contributed by atoms with Crippen LogP contribution >= 0.6 is 11.6 Å². The summed E-state index contributed by atoms with van der Waals surface area (Å²) in [4.78, 5) is 9.04. The van der Waals surface area contributed by atoms with Crippen molar-refractivity contribution in [1.29, 1.82) is 0 Å². The molecular weight excluding hydrogens is 430 g/mol. The normalized spacial score (nSPS) is 13.2. The fourth-order valence-electron chi connectivity index (χ4n) is 5.03. The van der Waals surface area contributed by atoms with Crippen LogP contribution in [0.4, 0.5) is 0 Å². The van der Waals surface area contributed by atoms with Crippen LogP contribution in [0.25, 0.3) is 55.9 Å². The number of aromatic nitrogens is 3. The molecule has 3 aromatic heterocycles. The van der Waals surface area contributed by atoms with Gasteiger partial charge in [-0.1, -0.05) is 48.5 Å². The first-order valence-corrected chi connectivity index (χ1v) is 11.4. The van der Waals surface area contributed by atoms with Gasteiger partial charge >= 0.3 is 0 Å². The highest BCUT2D eigenvalue weighted by molar-refractivity contribution is 6.29. The van der Waals surface area contributed by atoms with E-state index in [0.717, 1.165) is 52.0 Å². The summed E-state index contributed by atoms with van der Waals surface area (Å²) in [5.74, 6) is 0.857. The molecule has 1 aliphatic carbocycles. The molecule has 158 valence electrons. The SMILES string of the molecule is Clc1nc(-c2ccc3c(c2)c2ccccc2n3-c2ccccc2)c2c3c(oc2n1)C=CCC3. The van der Waals surface area contributed by atoms with Crippen molar-refractivity contribution in [3.05, 3.63) is 95.5 Å². The molecule has 3 aromatic carbocycles. The highest BCUT2D eigenvalue weighted by Crippen LogP contribution is 2.39. The second-order valence-electron chi connectivity index (χ2n) is 8.33. The Morgan fingerprint density at radius 3 is 2.58 bits per heavy atom. The topological polar surface area (TPSA) is 43.9 Å². The van der Waals surface area contributed by atoms with Gasteiger partial charge in [0.05, 0.1) is 22.1 Å². The number of hydrogen-bond donors (Lipinski definition) is 0. The molecule has 0 N–H and O–H groups in total. The van der Waals surface area contributed by atoms with E-state index in [4.69, 9.17) is 16.0 Å². The molecule has 1 aliphatic rings. The molecule has 5 heteroatoms. The fourth-order valence-corrected chi connectivity index (χ4v) is 5.20. The average Bonchev–Trinajstić information content (AvgIpc) is 3.39. The number of aryl methyl sites for hydroxylation is 1. The lowest BCUT2D eigenvalue weighted by atomic mass is 9.98. The van der Waals surface area contributed by atoms with Crippen LogP contribution in [0.1, 0.15) is 17.7 Å². The highest BCUT2D eigenvalue weighted by Gasteiger charge is 2.22.